The summed E-state index contributed by atoms with van der Waals surface area (Å²) in [5, 5.41) is 0. The van der Waals surface area contributed by atoms with Crippen molar-refractivity contribution >= 4 is 17.5 Å². The predicted molar refractivity (Wildman–Crippen MR) is 67.8 cm³/mol. The SMILES string of the molecule is CC(CCl)C(=O)N(C)CC1(N(C)C)CCC1. The highest BCUT2D eigenvalue weighted by atomic mass is 35.5. The molecule has 4 heteroatoms. The topological polar surface area (TPSA) is 23.6 Å². The van der Waals surface area contributed by atoms with E-state index in [4.69, 9.17) is 11.6 Å². The Morgan fingerprint density at radius 2 is 1.94 bits per heavy atom. The molecule has 16 heavy (non-hydrogen) atoms. The Bertz CT molecular complexity index is 251. The molecule has 0 aromatic heterocycles. The largest absolute Gasteiger partial charge is 0.344 e. The van der Waals surface area contributed by atoms with Crippen molar-refractivity contribution in [2.45, 2.75) is 31.7 Å². The molecule has 0 heterocycles. The molecule has 0 radical (unpaired) electrons. The van der Waals surface area contributed by atoms with Crippen LogP contribution in [0.5, 0.6) is 0 Å². The van der Waals surface area contributed by atoms with Crippen LogP contribution in [0.2, 0.25) is 0 Å². The van der Waals surface area contributed by atoms with Gasteiger partial charge in [-0.1, -0.05) is 6.92 Å². The van der Waals surface area contributed by atoms with Crippen molar-refractivity contribution in [1.29, 1.82) is 0 Å². The van der Waals surface area contributed by atoms with Gasteiger partial charge >= 0.3 is 0 Å². The van der Waals surface area contributed by atoms with E-state index in [0.717, 1.165) is 6.54 Å². The Hall–Kier alpha value is -0.280. The lowest BCUT2D eigenvalue weighted by molar-refractivity contribution is -0.135. The zero-order valence-electron chi connectivity index (χ0n) is 10.8. The van der Waals surface area contributed by atoms with Crippen molar-refractivity contribution in [2.75, 3.05) is 33.6 Å². The lowest BCUT2D eigenvalue weighted by Gasteiger charge is -2.49. The number of nitrogens with zero attached hydrogens (tertiary/aromatic N) is 2. The van der Waals surface area contributed by atoms with Gasteiger partial charge in [0, 0.05) is 30.9 Å². The molecule has 0 aromatic carbocycles. The zero-order valence-corrected chi connectivity index (χ0v) is 11.5. The molecule has 1 aliphatic rings. The number of rotatable bonds is 5. The predicted octanol–water partition coefficient (Wildman–Crippen LogP) is 1.80. The van der Waals surface area contributed by atoms with E-state index in [-0.39, 0.29) is 17.4 Å². The fourth-order valence-corrected chi connectivity index (χ4v) is 2.43. The molecule has 0 aromatic rings. The van der Waals surface area contributed by atoms with Gasteiger partial charge < -0.3 is 9.80 Å². The first-order valence-corrected chi connectivity index (χ1v) is 6.45. The molecule has 0 N–H and O–H groups in total. The van der Waals surface area contributed by atoms with E-state index in [1.807, 2.05) is 18.9 Å². The third-order valence-electron chi connectivity index (χ3n) is 3.79. The summed E-state index contributed by atoms with van der Waals surface area (Å²) in [6.07, 6.45) is 3.64. The first kappa shape index (κ1) is 13.8. The van der Waals surface area contributed by atoms with Crippen LogP contribution in [0, 0.1) is 5.92 Å². The maximum Gasteiger partial charge on any atom is 0.226 e. The summed E-state index contributed by atoms with van der Waals surface area (Å²) in [5.41, 5.74) is 0.205. The maximum atomic E-state index is 11.9. The summed E-state index contributed by atoms with van der Waals surface area (Å²) in [7, 11) is 6.08. The minimum atomic E-state index is -0.0778. The molecule has 1 amide bonds. The molecule has 0 spiro atoms. The third kappa shape index (κ3) is 2.69. The molecule has 1 atom stereocenters. The minimum Gasteiger partial charge on any atom is -0.344 e. The lowest BCUT2D eigenvalue weighted by atomic mass is 9.75. The van der Waals surface area contributed by atoms with E-state index in [1.54, 1.807) is 0 Å². The molecule has 3 nitrogen and oxygen atoms in total. The van der Waals surface area contributed by atoms with Crippen LogP contribution < -0.4 is 0 Å². The quantitative estimate of drug-likeness (QED) is 0.691. The van der Waals surface area contributed by atoms with Crippen LogP contribution >= 0.6 is 11.6 Å². The summed E-state index contributed by atoms with van der Waals surface area (Å²) < 4.78 is 0. The smallest absolute Gasteiger partial charge is 0.226 e. The van der Waals surface area contributed by atoms with Crippen LogP contribution in [0.3, 0.4) is 0 Å². The second-order valence-electron chi connectivity index (χ2n) is 5.22. The van der Waals surface area contributed by atoms with Crippen molar-refractivity contribution in [3.8, 4) is 0 Å². The maximum absolute atomic E-state index is 11.9. The molecular formula is C12H23ClN2O. The van der Waals surface area contributed by atoms with Crippen molar-refractivity contribution in [3.63, 3.8) is 0 Å². The van der Waals surface area contributed by atoms with Gasteiger partial charge in [0.15, 0.2) is 0 Å². The lowest BCUT2D eigenvalue weighted by Crippen LogP contribution is -2.57. The monoisotopic (exact) mass is 246 g/mol. The van der Waals surface area contributed by atoms with E-state index < -0.39 is 0 Å². The van der Waals surface area contributed by atoms with Crippen molar-refractivity contribution < 1.29 is 4.79 Å². The Kier molecular flexibility index (Phi) is 4.62. The Morgan fingerprint density at radius 3 is 2.25 bits per heavy atom. The fourth-order valence-electron chi connectivity index (χ4n) is 2.29. The number of alkyl halides is 1. The Balaban J connectivity index is 2.56. The van der Waals surface area contributed by atoms with Crippen LogP contribution in [-0.4, -0.2) is 54.8 Å². The molecule has 1 saturated carbocycles. The van der Waals surface area contributed by atoms with Gasteiger partial charge in [-0.3, -0.25) is 4.79 Å². The van der Waals surface area contributed by atoms with Crippen LogP contribution in [0.4, 0.5) is 0 Å². The summed E-state index contributed by atoms with van der Waals surface area (Å²) in [6, 6.07) is 0. The zero-order chi connectivity index (χ0) is 12.3. The van der Waals surface area contributed by atoms with E-state index in [9.17, 15) is 4.79 Å². The second-order valence-corrected chi connectivity index (χ2v) is 5.53. The molecule has 94 valence electrons. The molecule has 1 rings (SSSR count). The number of carbonyl (C=O) groups is 1. The molecule has 0 bridgehead atoms. The summed E-state index contributed by atoms with van der Waals surface area (Å²) >= 11 is 5.71. The Labute approximate surface area is 104 Å². The van der Waals surface area contributed by atoms with Crippen molar-refractivity contribution in [3.05, 3.63) is 0 Å². The van der Waals surface area contributed by atoms with Crippen molar-refractivity contribution in [2.24, 2.45) is 5.92 Å². The van der Waals surface area contributed by atoms with Gasteiger partial charge in [0.25, 0.3) is 0 Å². The highest BCUT2D eigenvalue weighted by molar-refractivity contribution is 6.19. The summed E-state index contributed by atoms with van der Waals surface area (Å²) in [5.74, 6) is 0.479. The molecule has 0 saturated heterocycles. The number of hydrogen-bond acceptors (Lipinski definition) is 2. The molecule has 1 unspecified atom stereocenters. The van der Waals surface area contributed by atoms with Crippen LogP contribution in [0.25, 0.3) is 0 Å². The van der Waals surface area contributed by atoms with Crippen LogP contribution in [0.1, 0.15) is 26.2 Å². The van der Waals surface area contributed by atoms with Gasteiger partial charge in [0.2, 0.25) is 5.91 Å². The Morgan fingerprint density at radius 1 is 1.38 bits per heavy atom. The normalized spacial score (nSPS) is 20.4. The van der Waals surface area contributed by atoms with Gasteiger partial charge in [-0.25, -0.2) is 0 Å². The third-order valence-corrected chi connectivity index (χ3v) is 4.26. The van der Waals surface area contributed by atoms with Crippen molar-refractivity contribution in [1.82, 2.24) is 9.80 Å². The first-order chi connectivity index (χ1) is 7.43. The van der Waals surface area contributed by atoms with Gasteiger partial charge in [-0.15, -0.1) is 11.6 Å². The highest BCUT2D eigenvalue weighted by Crippen LogP contribution is 2.36. The minimum absolute atomic E-state index is 0.0778. The summed E-state index contributed by atoms with van der Waals surface area (Å²) in [6.45, 7) is 2.70. The van der Waals surface area contributed by atoms with Gasteiger partial charge in [-0.2, -0.15) is 0 Å². The summed E-state index contributed by atoms with van der Waals surface area (Å²) in [4.78, 5) is 16.0. The number of carbonyl (C=O) groups excluding carboxylic acids is 1. The van der Waals surface area contributed by atoms with Crippen LogP contribution in [-0.2, 0) is 4.79 Å². The van der Waals surface area contributed by atoms with Gasteiger partial charge in [0.1, 0.15) is 0 Å². The van der Waals surface area contributed by atoms with E-state index in [2.05, 4.69) is 19.0 Å². The molecule has 1 fully saturated rings. The van der Waals surface area contributed by atoms with E-state index in [0.29, 0.717) is 5.88 Å². The van der Waals surface area contributed by atoms with E-state index >= 15 is 0 Å². The highest BCUT2D eigenvalue weighted by Gasteiger charge is 2.40. The molecular weight excluding hydrogens is 224 g/mol. The number of halogens is 1. The molecule has 1 aliphatic carbocycles. The van der Waals surface area contributed by atoms with E-state index in [1.165, 1.54) is 19.3 Å². The van der Waals surface area contributed by atoms with Gasteiger partial charge in [0.05, 0.1) is 0 Å². The number of hydrogen-bond donors (Lipinski definition) is 0. The van der Waals surface area contributed by atoms with Crippen LogP contribution in [0.15, 0.2) is 0 Å². The van der Waals surface area contributed by atoms with Gasteiger partial charge in [-0.05, 0) is 33.4 Å². The fraction of sp³-hybridized carbons (Fsp3) is 0.917. The average molecular weight is 247 g/mol. The number of amides is 1. The molecule has 0 aliphatic heterocycles. The average Bonchev–Trinajstić information content (AvgIpc) is 2.20. The standard InChI is InChI=1S/C12H23ClN2O/c1-10(8-13)11(16)15(4)9-12(14(2)3)6-5-7-12/h10H,5-9H2,1-4H3. The second kappa shape index (κ2) is 5.37. The number of likely N-dealkylation sites (N-methyl/N-ethyl adjacent to an activating group) is 2. The first-order valence-electron chi connectivity index (χ1n) is 5.91.